The molecule has 0 amide bonds. The number of hydrogen-bond acceptors (Lipinski definition) is 5. The minimum atomic E-state index is -0.378. The summed E-state index contributed by atoms with van der Waals surface area (Å²) in [6, 6.07) is 7.00. The predicted octanol–water partition coefficient (Wildman–Crippen LogP) is 2.69. The smallest absolute Gasteiger partial charge is 0.337 e. The Bertz CT molecular complexity index is 654. The van der Waals surface area contributed by atoms with Gasteiger partial charge in [0, 0.05) is 17.3 Å². The number of rotatable bonds is 1. The summed E-state index contributed by atoms with van der Waals surface area (Å²) >= 11 is 0. The first-order valence-electron chi connectivity index (χ1n) is 6.17. The number of benzene rings is 1. The van der Waals surface area contributed by atoms with Crippen LogP contribution in [0.2, 0.25) is 0 Å². The van der Waals surface area contributed by atoms with Crippen LogP contribution in [-0.2, 0) is 22.7 Å². The number of methoxy groups -OCH3 is 1. The molecule has 0 radical (unpaired) electrons. The molecular formula is C15H13NO4. The van der Waals surface area contributed by atoms with E-state index in [4.69, 9.17) is 14.2 Å². The van der Waals surface area contributed by atoms with Gasteiger partial charge in [0.1, 0.15) is 5.75 Å². The van der Waals surface area contributed by atoms with E-state index in [1.54, 1.807) is 30.6 Å². The summed E-state index contributed by atoms with van der Waals surface area (Å²) in [5.74, 6) is 0.947. The summed E-state index contributed by atoms with van der Waals surface area (Å²) in [6.07, 6.45) is 3.36. The number of carbonyl (C=O) groups excluding carboxylic acids is 1. The maximum absolute atomic E-state index is 11.5. The maximum Gasteiger partial charge on any atom is 0.337 e. The van der Waals surface area contributed by atoms with Gasteiger partial charge in [-0.3, -0.25) is 4.98 Å². The van der Waals surface area contributed by atoms with Crippen LogP contribution < -0.4 is 4.74 Å². The molecule has 0 saturated carbocycles. The molecule has 20 heavy (non-hydrogen) atoms. The Morgan fingerprint density at radius 2 is 2.05 bits per heavy atom. The fourth-order valence-electron chi connectivity index (χ4n) is 2.05. The summed E-state index contributed by atoms with van der Waals surface area (Å²) in [5, 5.41) is 0. The lowest BCUT2D eigenvalue weighted by atomic mass is 10.1. The molecule has 0 unspecified atom stereocenters. The standard InChI is InChI=1S/C15H13NO4/c1-18-15(17)10-2-3-13-12(6-10)9-19-8-11-4-5-16-7-14(11)20-13/h2-7H,8-9H2,1H3. The van der Waals surface area contributed by atoms with Gasteiger partial charge in [0.2, 0.25) is 0 Å². The summed E-state index contributed by atoms with van der Waals surface area (Å²) in [4.78, 5) is 15.6. The van der Waals surface area contributed by atoms with Crippen LogP contribution in [0, 0.1) is 0 Å². The monoisotopic (exact) mass is 271 g/mol. The molecule has 0 N–H and O–H groups in total. The van der Waals surface area contributed by atoms with E-state index in [9.17, 15) is 4.79 Å². The van der Waals surface area contributed by atoms with E-state index in [0.29, 0.717) is 30.3 Å². The number of esters is 1. The Kier molecular flexibility index (Phi) is 3.35. The van der Waals surface area contributed by atoms with Crippen molar-refractivity contribution in [2.24, 2.45) is 0 Å². The largest absolute Gasteiger partial charge is 0.465 e. The topological polar surface area (TPSA) is 57.7 Å². The molecule has 1 aliphatic rings. The molecule has 1 aromatic carbocycles. The Morgan fingerprint density at radius 3 is 2.90 bits per heavy atom. The molecule has 0 atom stereocenters. The minimum Gasteiger partial charge on any atom is -0.465 e. The molecule has 5 nitrogen and oxygen atoms in total. The molecule has 3 rings (SSSR count). The summed E-state index contributed by atoms with van der Waals surface area (Å²) in [6.45, 7) is 0.821. The fourth-order valence-corrected chi connectivity index (χ4v) is 2.05. The first kappa shape index (κ1) is 12.6. The van der Waals surface area contributed by atoms with Crippen LogP contribution in [-0.4, -0.2) is 18.1 Å². The van der Waals surface area contributed by atoms with Crippen LogP contribution in [0.25, 0.3) is 0 Å². The lowest BCUT2D eigenvalue weighted by Gasteiger charge is -2.18. The van der Waals surface area contributed by atoms with E-state index in [2.05, 4.69) is 4.98 Å². The zero-order valence-corrected chi connectivity index (χ0v) is 11.0. The van der Waals surface area contributed by atoms with Crippen LogP contribution in [0.3, 0.4) is 0 Å². The molecule has 102 valence electrons. The highest BCUT2D eigenvalue weighted by atomic mass is 16.5. The number of fused-ring (bicyclic) bond motifs is 2. The second-order valence-electron chi connectivity index (χ2n) is 4.39. The number of nitrogens with zero attached hydrogens (tertiary/aromatic N) is 1. The van der Waals surface area contributed by atoms with E-state index < -0.39 is 0 Å². The van der Waals surface area contributed by atoms with Crippen molar-refractivity contribution in [1.82, 2.24) is 4.98 Å². The van der Waals surface area contributed by atoms with Crippen molar-refractivity contribution in [3.8, 4) is 11.5 Å². The summed E-state index contributed by atoms with van der Waals surface area (Å²) in [7, 11) is 1.36. The average molecular weight is 271 g/mol. The molecule has 0 saturated heterocycles. The Labute approximate surface area is 116 Å². The van der Waals surface area contributed by atoms with Crippen molar-refractivity contribution in [3.63, 3.8) is 0 Å². The van der Waals surface area contributed by atoms with Crippen LogP contribution in [0.4, 0.5) is 0 Å². The van der Waals surface area contributed by atoms with Crippen LogP contribution in [0.1, 0.15) is 21.5 Å². The van der Waals surface area contributed by atoms with Crippen molar-refractivity contribution >= 4 is 5.97 Å². The number of carbonyl (C=O) groups is 1. The number of aromatic nitrogens is 1. The van der Waals surface area contributed by atoms with Gasteiger partial charge in [-0.15, -0.1) is 0 Å². The van der Waals surface area contributed by atoms with E-state index in [1.165, 1.54) is 7.11 Å². The highest BCUT2D eigenvalue weighted by Gasteiger charge is 2.16. The molecular weight excluding hydrogens is 258 g/mol. The normalized spacial score (nSPS) is 13.2. The Hall–Kier alpha value is -2.40. The molecule has 0 spiro atoms. The average Bonchev–Trinajstić information content (AvgIpc) is 2.46. The van der Waals surface area contributed by atoms with E-state index in [0.717, 1.165) is 11.1 Å². The molecule has 2 aromatic rings. The van der Waals surface area contributed by atoms with E-state index in [1.807, 2.05) is 6.07 Å². The third-order valence-electron chi connectivity index (χ3n) is 3.09. The van der Waals surface area contributed by atoms with Gasteiger partial charge in [0.25, 0.3) is 0 Å². The molecule has 0 aliphatic carbocycles. The van der Waals surface area contributed by atoms with Crippen molar-refractivity contribution in [2.45, 2.75) is 13.2 Å². The molecule has 5 heteroatoms. The first-order chi connectivity index (χ1) is 9.78. The van der Waals surface area contributed by atoms with Gasteiger partial charge in [-0.1, -0.05) is 0 Å². The molecule has 1 aromatic heterocycles. The lowest BCUT2D eigenvalue weighted by Crippen LogP contribution is -2.07. The zero-order valence-electron chi connectivity index (χ0n) is 11.0. The Balaban J connectivity index is 1.99. The van der Waals surface area contributed by atoms with Gasteiger partial charge in [0.05, 0.1) is 32.1 Å². The third-order valence-corrected chi connectivity index (χ3v) is 3.09. The van der Waals surface area contributed by atoms with Crippen molar-refractivity contribution in [2.75, 3.05) is 7.11 Å². The second kappa shape index (κ2) is 5.30. The van der Waals surface area contributed by atoms with Gasteiger partial charge in [-0.05, 0) is 24.3 Å². The van der Waals surface area contributed by atoms with Gasteiger partial charge < -0.3 is 14.2 Å². The second-order valence-corrected chi connectivity index (χ2v) is 4.39. The van der Waals surface area contributed by atoms with Gasteiger partial charge in [0.15, 0.2) is 5.75 Å². The highest BCUT2D eigenvalue weighted by Crippen LogP contribution is 2.31. The third kappa shape index (κ3) is 2.35. The lowest BCUT2D eigenvalue weighted by molar-refractivity contribution is 0.0600. The fraction of sp³-hybridized carbons (Fsp3) is 0.200. The highest BCUT2D eigenvalue weighted by molar-refractivity contribution is 5.89. The van der Waals surface area contributed by atoms with Crippen LogP contribution in [0.15, 0.2) is 36.7 Å². The van der Waals surface area contributed by atoms with Crippen LogP contribution in [0.5, 0.6) is 11.5 Å². The molecule has 0 fully saturated rings. The predicted molar refractivity (Wildman–Crippen MR) is 70.6 cm³/mol. The minimum absolute atomic E-state index is 0.377. The summed E-state index contributed by atoms with van der Waals surface area (Å²) < 4.78 is 16.2. The maximum atomic E-state index is 11.5. The first-order valence-corrected chi connectivity index (χ1v) is 6.17. The number of ether oxygens (including phenoxy) is 3. The SMILES string of the molecule is COC(=O)c1ccc2c(c1)COCc1ccncc1O2. The molecule has 0 bridgehead atoms. The van der Waals surface area contributed by atoms with Crippen molar-refractivity contribution in [3.05, 3.63) is 53.3 Å². The summed E-state index contributed by atoms with van der Waals surface area (Å²) in [5.41, 5.74) is 2.23. The van der Waals surface area contributed by atoms with Gasteiger partial charge >= 0.3 is 5.97 Å². The number of hydrogen-bond donors (Lipinski definition) is 0. The Morgan fingerprint density at radius 1 is 1.20 bits per heavy atom. The van der Waals surface area contributed by atoms with Crippen LogP contribution >= 0.6 is 0 Å². The number of pyridine rings is 1. The van der Waals surface area contributed by atoms with E-state index in [-0.39, 0.29) is 5.97 Å². The quantitative estimate of drug-likeness (QED) is 0.746. The zero-order chi connectivity index (χ0) is 13.9. The molecule has 2 heterocycles. The van der Waals surface area contributed by atoms with Crippen molar-refractivity contribution in [1.29, 1.82) is 0 Å². The van der Waals surface area contributed by atoms with Crippen molar-refractivity contribution < 1.29 is 19.0 Å². The molecule has 1 aliphatic heterocycles. The van der Waals surface area contributed by atoms with Gasteiger partial charge in [-0.25, -0.2) is 4.79 Å². The van der Waals surface area contributed by atoms with E-state index >= 15 is 0 Å². The van der Waals surface area contributed by atoms with Gasteiger partial charge in [-0.2, -0.15) is 0 Å².